The molecule has 18 heavy (non-hydrogen) atoms. The first-order valence-corrected chi connectivity index (χ1v) is 6.68. The maximum absolute atomic E-state index is 9.03. The van der Waals surface area contributed by atoms with E-state index in [1.807, 2.05) is 25.1 Å². The Morgan fingerprint density at radius 1 is 1.44 bits per heavy atom. The molecule has 0 spiro atoms. The van der Waals surface area contributed by atoms with Crippen molar-refractivity contribution in [1.29, 1.82) is 0 Å². The quantitative estimate of drug-likeness (QED) is 0.873. The molecule has 4 heteroatoms. The first-order valence-electron chi connectivity index (χ1n) is 6.68. The molecule has 0 saturated carbocycles. The Kier molecular flexibility index (Phi) is 4.55. The van der Waals surface area contributed by atoms with Crippen molar-refractivity contribution < 1.29 is 5.11 Å². The van der Waals surface area contributed by atoms with Gasteiger partial charge in [-0.1, -0.05) is 6.07 Å². The highest BCUT2D eigenvalue weighted by molar-refractivity contribution is 5.37. The fourth-order valence-corrected chi connectivity index (χ4v) is 2.56. The van der Waals surface area contributed by atoms with Gasteiger partial charge in [0.2, 0.25) is 0 Å². The topological polar surface area (TPSA) is 39.6 Å². The lowest BCUT2D eigenvalue weighted by Gasteiger charge is -2.32. The highest BCUT2D eigenvalue weighted by Crippen LogP contribution is 2.26. The van der Waals surface area contributed by atoms with Crippen molar-refractivity contribution in [2.45, 2.75) is 18.8 Å². The van der Waals surface area contributed by atoms with Crippen molar-refractivity contribution in [1.82, 2.24) is 9.88 Å². The number of hydrogen-bond acceptors (Lipinski definition) is 4. The van der Waals surface area contributed by atoms with Crippen LogP contribution in [-0.2, 0) is 0 Å². The van der Waals surface area contributed by atoms with E-state index in [9.17, 15) is 0 Å². The SMILES string of the molecule is CN(C)c1cccc([C@@H]2CCCN(CCO)C2)n1. The number of likely N-dealkylation sites (tertiary alicyclic amines) is 1. The van der Waals surface area contributed by atoms with Crippen LogP contribution in [0.25, 0.3) is 0 Å². The summed E-state index contributed by atoms with van der Waals surface area (Å²) in [6, 6.07) is 6.25. The van der Waals surface area contributed by atoms with Gasteiger partial charge >= 0.3 is 0 Å². The number of aromatic nitrogens is 1. The first kappa shape index (κ1) is 13.3. The van der Waals surface area contributed by atoms with Crippen LogP contribution in [0.2, 0.25) is 0 Å². The minimum absolute atomic E-state index is 0.248. The van der Waals surface area contributed by atoms with E-state index in [1.165, 1.54) is 18.5 Å². The normalized spacial score (nSPS) is 20.9. The van der Waals surface area contributed by atoms with E-state index >= 15 is 0 Å². The van der Waals surface area contributed by atoms with E-state index in [4.69, 9.17) is 10.1 Å². The van der Waals surface area contributed by atoms with Gasteiger partial charge in [0.05, 0.1) is 6.61 Å². The van der Waals surface area contributed by atoms with Gasteiger partial charge in [-0.25, -0.2) is 4.98 Å². The molecular formula is C14H23N3O. The maximum atomic E-state index is 9.03. The highest BCUT2D eigenvalue weighted by Gasteiger charge is 2.22. The number of aliphatic hydroxyl groups excluding tert-OH is 1. The van der Waals surface area contributed by atoms with Crippen LogP contribution in [0, 0.1) is 0 Å². The molecule has 1 atom stereocenters. The van der Waals surface area contributed by atoms with Crippen LogP contribution in [-0.4, -0.2) is 55.3 Å². The average molecular weight is 249 g/mol. The summed E-state index contributed by atoms with van der Waals surface area (Å²) >= 11 is 0. The van der Waals surface area contributed by atoms with Gasteiger partial charge in [0.1, 0.15) is 5.82 Å². The second-order valence-corrected chi connectivity index (χ2v) is 5.18. The molecule has 1 aliphatic rings. The van der Waals surface area contributed by atoms with Crippen LogP contribution < -0.4 is 4.90 Å². The minimum Gasteiger partial charge on any atom is -0.395 e. The number of rotatable bonds is 4. The second kappa shape index (κ2) is 6.16. The van der Waals surface area contributed by atoms with E-state index in [-0.39, 0.29) is 6.61 Å². The molecule has 0 radical (unpaired) electrons. The predicted molar refractivity (Wildman–Crippen MR) is 74.1 cm³/mol. The van der Waals surface area contributed by atoms with E-state index in [0.29, 0.717) is 5.92 Å². The number of β-amino-alcohol motifs (C(OH)–C–C–N with tert-alkyl or cyclic N) is 1. The summed E-state index contributed by atoms with van der Waals surface area (Å²) in [4.78, 5) is 9.10. The standard InChI is InChI=1S/C14H23N3O/c1-16(2)14-7-3-6-13(15-14)12-5-4-8-17(11-12)9-10-18/h3,6-7,12,18H,4-5,8-11H2,1-2H3/t12-/m1/s1. The predicted octanol–water partition coefficient (Wildman–Crippen LogP) is 1.32. The molecule has 1 aliphatic heterocycles. The smallest absolute Gasteiger partial charge is 0.128 e. The third-order valence-corrected chi connectivity index (χ3v) is 3.55. The summed E-state index contributed by atoms with van der Waals surface area (Å²) in [5.41, 5.74) is 1.18. The number of hydrogen-bond donors (Lipinski definition) is 1. The van der Waals surface area contributed by atoms with Gasteiger partial charge in [0.25, 0.3) is 0 Å². The van der Waals surface area contributed by atoms with Gasteiger partial charge in [0, 0.05) is 38.8 Å². The summed E-state index contributed by atoms with van der Waals surface area (Å²) in [5, 5.41) is 9.03. The van der Waals surface area contributed by atoms with E-state index in [2.05, 4.69) is 17.0 Å². The van der Waals surface area contributed by atoms with Crippen LogP contribution in [0.15, 0.2) is 18.2 Å². The minimum atomic E-state index is 0.248. The summed E-state index contributed by atoms with van der Waals surface area (Å²) in [7, 11) is 4.04. The first-order chi connectivity index (χ1) is 8.70. The van der Waals surface area contributed by atoms with Crippen LogP contribution >= 0.6 is 0 Å². The van der Waals surface area contributed by atoms with Gasteiger partial charge < -0.3 is 14.9 Å². The van der Waals surface area contributed by atoms with Gasteiger partial charge in [0.15, 0.2) is 0 Å². The molecule has 0 aromatic carbocycles. The molecule has 100 valence electrons. The third kappa shape index (κ3) is 3.21. The van der Waals surface area contributed by atoms with Gasteiger partial charge in [-0.2, -0.15) is 0 Å². The zero-order chi connectivity index (χ0) is 13.0. The van der Waals surface area contributed by atoms with Crippen molar-refractivity contribution in [3.8, 4) is 0 Å². The molecule has 1 saturated heterocycles. The fourth-order valence-electron chi connectivity index (χ4n) is 2.56. The summed E-state index contributed by atoms with van der Waals surface area (Å²) in [6.45, 7) is 3.15. The van der Waals surface area contributed by atoms with E-state index in [0.717, 1.165) is 25.5 Å². The highest BCUT2D eigenvalue weighted by atomic mass is 16.3. The van der Waals surface area contributed by atoms with Crippen LogP contribution in [0.3, 0.4) is 0 Å². The zero-order valence-electron chi connectivity index (χ0n) is 11.3. The molecular weight excluding hydrogens is 226 g/mol. The monoisotopic (exact) mass is 249 g/mol. The molecule has 0 amide bonds. The number of nitrogens with zero attached hydrogens (tertiary/aromatic N) is 3. The molecule has 1 aromatic heterocycles. The van der Waals surface area contributed by atoms with Crippen LogP contribution in [0.5, 0.6) is 0 Å². The second-order valence-electron chi connectivity index (χ2n) is 5.18. The lowest BCUT2D eigenvalue weighted by molar-refractivity contribution is 0.160. The van der Waals surface area contributed by atoms with Crippen molar-refractivity contribution in [2.24, 2.45) is 0 Å². The zero-order valence-corrected chi connectivity index (χ0v) is 11.3. The Labute approximate surface area is 109 Å². The van der Waals surface area contributed by atoms with Crippen LogP contribution in [0.4, 0.5) is 5.82 Å². The van der Waals surface area contributed by atoms with Crippen molar-refractivity contribution >= 4 is 5.82 Å². The molecule has 2 rings (SSSR count). The van der Waals surface area contributed by atoms with Crippen molar-refractivity contribution in [3.05, 3.63) is 23.9 Å². The van der Waals surface area contributed by atoms with Gasteiger partial charge in [-0.05, 0) is 31.5 Å². The molecule has 2 heterocycles. The molecule has 1 aromatic rings. The molecule has 0 aliphatic carbocycles. The third-order valence-electron chi connectivity index (χ3n) is 3.55. The van der Waals surface area contributed by atoms with Crippen LogP contribution in [0.1, 0.15) is 24.5 Å². The van der Waals surface area contributed by atoms with Gasteiger partial charge in [-0.3, -0.25) is 0 Å². The molecule has 0 unspecified atom stereocenters. The van der Waals surface area contributed by atoms with E-state index in [1.54, 1.807) is 0 Å². The maximum Gasteiger partial charge on any atom is 0.128 e. The van der Waals surface area contributed by atoms with Crippen molar-refractivity contribution in [2.75, 3.05) is 45.2 Å². The number of aliphatic hydroxyl groups is 1. The molecule has 1 fully saturated rings. The van der Waals surface area contributed by atoms with E-state index < -0.39 is 0 Å². The Balaban J connectivity index is 2.08. The lowest BCUT2D eigenvalue weighted by Crippen LogP contribution is -2.36. The Bertz CT molecular complexity index is 379. The number of pyridine rings is 1. The summed E-state index contributed by atoms with van der Waals surface area (Å²) in [6.07, 6.45) is 2.39. The summed E-state index contributed by atoms with van der Waals surface area (Å²) in [5.74, 6) is 1.52. The lowest BCUT2D eigenvalue weighted by atomic mass is 9.94. The number of piperidine rings is 1. The Morgan fingerprint density at radius 2 is 2.28 bits per heavy atom. The fraction of sp³-hybridized carbons (Fsp3) is 0.643. The Hall–Kier alpha value is -1.13. The molecule has 0 bridgehead atoms. The van der Waals surface area contributed by atoms with Crippen molar-refractivity contribution in [3.63, 3.8) is 0 Å². The molecule has 4 nitrogen and oxygen atoms in total. The average Bonchev–Trinajstić information content (AvgIpc) is 2.39. The Morgan fingerprint density at radius 3 is 3.00 bits per heavy atom. The number of anilines is 1. The largest absolute Gasteiger partial charge is 0.395 e. The van der Waals surface area contributed by atoms with Gasteiger partial charge in [-0.15, -0.1) is 0 Å². The summed E-state index contributed by atoms with van der Waals surface area (Å²) < 4.78 is 0. The molecule has 1 N–H and O–H groups in total.